The van der Waals surface area contributed by atoms with E-state index in [9.17, 15) is 14.0 Å². The Morgan fingerprint density at radius 2 is 1.90 bits per heavy atom. The van der Waals surface area contributed by atoms with Crippen molar-refractivity contribution in [1.82, 2.24) is 9.88 Å². The number of nitrogen functional groups attached to an aromatic ring is 1. The summed E-state index contributed by atoms with van der Waals surface area (Å²) in [5.74, 6) is -0.954. The largest absolute Gasteiger partial charge is 0.383 e. The van der Waals surface area contributed by atoms with Gasteiger partial charge in [0.25, 0.3) is 5.91 Å². The Morgan fingerprint density at radius 3 is 2.66 bits per heavy atom. The number of pyridine rings is 1. The van der Waals surface area contributed by atoms with E-state index in [1.54, 1.807) is 23.1 Å². The van der Waals surface area contributed by atoms with Gasteiger partial charge in [-0.25, -0.2) is 9.37 Å². The molecule has 2 heterocycles. The highest BCUT2D eigenvalue weighted by Gasteiger charge is 2.28. The van der Waals surface area contributed by atoms with Crippen LogP contribution in [0.5, 0.6) is 0 Å². The first kappa shape index (κ1) is 18.9. The van der Waals surface area contributed by atoms with Crippen LogP contribution in [0, 0.1) is 11.7 Å². The molecule has 7 heteroatoms. The van der Waals surface area contributed by atoms with Crippen molar-refractivity contribution in [2.24, 2.45) is 11.7 Å². The highest BCUT2D eigenvalue weighted by molar-refractivity contribution is 6.10. The highest BCUT2D eigenvalue weighted by Crippen LogP contribution is 2.30. The molecule has 0 spiro atoms. The smallest absolute Gasteiger partial charge is 0.256 e. The van der Waals surface area contributed by atoms with Gasteiger partial charge in [0.05, 0.1) is 11.5 Å². The van der Waals surface area contributed by atoms with Gasteiger partial charge in [0.2, 0.25) is 5.91 Å². The van der Waals surface area contributed by atoms with Gasteiger partial charge in [-0.3, -0.25) is 9.59 Å². The number of piperidine rings is 1. The van der Waals surface area contributed by atoms with Gasteiger partial charge in [0.15, 0.2) is 0 Å². The molecule has 0 bridgehead atoms. The minimum absolute atomic E-state index is 0.202. The number of rotatable bonds is 3. The second-order valence-corrected chi connectivity index (χ2v) is 7.32. The fourth-order valence-corrected chi connectivity index (χ4v) is 3.85. The lowest BCUT2D eigenvalue weighted by Gasteiger charge is -2.31. The summed E-state index contributed by atoms with van der Waals surface area (Å²) < 4.78 is 13.6. The average molecular weight is 392 g/mol. The highest BCUT2D eigenvalue weighted by atomic mass is 19.1. The van der Waals surface area contributed by atoms with Gasteiger partial charge in [-0.2, -0.15) is 0 Å². The molecule has 0 aliphatic carbocycles. The molecule has 1 unspecified atom stereocenters. The summed E-state index contributed by atoms with van der Waals surface area (Å²) in [4.78, 5) is 30.5. The van der Waals surface area contributed by atoms with Crippen LogP contribution in [-0.2, 0) is 4.79 Å². The van der Waals surface area contributed by atoms with Crippen LogP contribution in [0.25, 0.3) is 21.9 Å². The summed E-state index contributed by atoms with van der Waals surface area (Å²) in [5.41, 5.74) is 13.4. The van der Waals surface area contributed by atoms with Gasteiger partial charge in [0.1, 0.15) is 11.6 Å². The summed E-state index contributed by atoms with van der Waals surface area (Å²) >= 11 is 0. The number of hydrogen-bond donors (Lipinski definition) is 2. The monoisotopic (exact) mass is 392 g/mol. The molecule has 6 nitrogen and oxygen atoms in total. The fourth-order valence-electron chi connectivity index (χ4n) is 3.85. The number of fused-ring (bicyclic) bond motifs is 1. The van der Waals surface area contributed by atoms with Crippen LogP contribution in [-0.4, -0.2) is 34.8 Å². The van der Waals surface area contributed by atoms with Crippen molar-refractivity contribution in [2.45, 2.75) is 12.8 Å². The second-order valence-electron chi connectivity index (χ2n) is 7.32. The maximum Gasteiger partial charge on any atom is 0.256 e. The molecule has 0 radical (unpaired) electrons. The van der Waals surface area contributed by atoms with Gasteiger partial charge in [-0.15, -0.1) is 0 Å². The molecule has 2 amide bonds. The van der Waals surface area contributed by atoms with E-state index in [2.05, 4.69) is 4.98 Å². The molecule has 1 atom stereocenters. The molecule has 4 N–H and O–H groups in total. The van der Waals surface area contributed by atoms with Gasteiger partial charge in [-0.1, -0.05) is 24.3 Å². The van der Waals surface area contributed by atoms with E-state index < -0.39 is 0 Å². The molecular weight excluding hydrogens is 371 g/mol. The van der Waals surface area contributed by atoms with Crippen molar-refractivity contribution in [2.75, 3.05) is 18.8 Å². The zero-order chi connectivity index (χ0) is 20.5. The Kier molecular flexibility index (Phi) is 4.88. The lowest BCUT2D eigenvalue weighted by Crippen LogP contribution is -2.44. The van der Waals surface area contributed by atoms with E-state index in [0.717, 1.165) is 12.0 Å². The second kappa shape index (κ2) is 7.50. The van der Waals surface area contributed by atoms with Crippen LogP contribution in [0.15, 0.2) is 48.7 Å². The first-order valence-corrected chi connectivity index (χ1v) is 9.47. The molecule has 4 rings (SSSR count). The molecule has 3 aromatic rings. The Labute approximate surface area is 167 Å². The van der Waals surface area contributed by atoms with Crippen LogP contribution >= 0.6 is 0 Å². The minimum Gasteiger partial charge on any atom is -0.383 e. The Morgan fingerprint density at radius 1 is 1.10 bits per heavy atom. The summed E-state index contributed by atoms with van der Waals surface area (Å²) in [7, 11) is 0. The third-order valence-corrected chi connectivity index (χ3v) is 5.42. The van der Waals surface area contributed by atoms with E-state index in [1.807, 2.05) is 12.1 Å². The van der Waals surface area contributed by atoms with E-state index >= 15 is 0 Å². The van der Waals surface area contributed by atoms with Crippen molar-refractivity contribution in [3.05, 3.63) is 60.0 Å². The lowest BCUT2D eigenvalue weighted by atomic mass is 9.95. The SMILES string of the molecule is NC(=O)C1CCCN(C(=O)c2cnc(N)c3cc(-c4cccc(F)c4)ccc23)C1. The van der Waals surface area contributed by atoms with Gasteiger partial charge in [-0.05, 0) is 47.6 Å². The summed E-state index contributed by atoms with van der Waals surface area (Å²) in [6.45, 7) is 0.872. The van der Waals surface area contributed by atoms with Gasteiger partial charge in [0, 0.05) is 24.7 Å². The van der Waals surface area contributed by atoms with E-state index in [4.69, 9.17) is 11.5 Å². The zero-order valence-electron chi connectivity index (χ0n) is 15.8. The van der Waals surface area contributed by atoms with E-state index in [-0.39, 0.29) is 23.5 Å². The topological polar surface area (TPSA) is 102 Å². The maximum absolute atomic E-state index is 13.6. The quantitative estimate of drug-likeness (QED) is 0.715. The minimum atomic E-state index is -0.387. The number of benzene rings is 2. The molecular formula is C22H21FN4O2. The molecule has 0 saturated carbocycles. The van der Waals surface area contributed by atoms with Gasteiger partial charge < -0.3 is 16.4 Å². The zero-order valence-corrected chi connectivity index (χ0v) is 15.8. The summed E-state index contributed by atoms with van der Waals surface area (Å²) in [5, 5.41) is 1.30. The van der Waals surface area contributed by atoms with Crippen molar-refractivity contribution >= 4 is 28.4 Å². The van der Waals surface area contributed by atoms with Crippen LogP contribution < -0.4 is 11.5 Å². The number of likely N-dealkylation sites (tertiary alicyclic amines) is 1. The predicted molar refractivity (Wildman–Crippen MR) is 109 cm³/mol. The number of halogens is 1. The summed E-state index contributed by atoms with van der Waals surface area (Å²) in [6, 6.07) is 11.7. The number of aromatic nitrogens is 1. The van der Waals surface area contributed by atoms with Crippen LogP contribution in [0.2, 0.25) is 0 Å². The fraction of sp³-hybridized carbons (Fsp3) is 0.227. The average Bonchev–Trinajstić information content (AvgIpc) is 2.73. The van der Waals surface area contributed by atoms with Crippen LogP contribution in [0.1, 0.15) is 23.2 Å². The van der Waals surface area contributed by atoms with E-state index in [1.165, 1.54) is 18.3 Å². The van der Waals surface area contributed by atoms with Crippen LogP contribution in [0.4, 0.5) is 10.2 Å². The van der Waals surface area contributed by atoms with Crippen molar-refractivity contribution in [3.63, 3.8) is 0 Å². The Balaban J connectivity index is 1.73. The standard InChI is InChI=1S/C22H21FN4O2/c23-16-5-1-3-13(9-16)14-6-7-17-18(10-14)20(24)26-11-19(17)22(29)27-8-2-4-15(12-27)21(25)28/h1,3,5-7,9-11,15H,2,4,8,12H2,(H2,24,26)(H2,25,28). The molecule has 1 aromatic heterocycles. The molecule has 1 saturated heterocycles. The number of anilines is 1. The molecule has 1 aliphatic rings. The number of carbonyl (C=O) groups excluding carboxylic acids is 2. The number of hydrogen-bond acceptors (Lipinski definition) is 4. The molecule has 1 aliphatic heterocycles. The summed E-state index contributed by atoms with van der Waals surface area (Å²) in [6.07, 6.45) is 2.88. The number of primary amides is 1. The number of nitrogens with zero attached hydrogens (tertiary/aromatic N) is 2. The number of nitrogens with two attached hydrogens (primary N) is 2. The maximum atomic E-state index is 13.6. The normalized spacial score (nSPS) is 16.7. The molecule has 148 valence electrons. The predicted octanol–water partition coefficient (Wildman–Crippen LogP) is 2.96. The van der Waals surface area contributed by atoms with Crippen LogP contribution in [0.3, 0.4) is 0 Å². The Hall–Kier alpha value is -3.48. The van der Waals surface area contributed by atoms with Crippen molar-refractivity contribution < 1.29 is 14.0 Å². The number of carbonyl (C=O) groups is 2. The van der Waals surface area contributed by atoms with Crippen molar-refractivity contribution in [1.29, 1.82) is 0 Å². The van der Waals surface area contributed by atoms with Crippen molar-refractivity contribution in [3.8, 4) is 11.1 Å². The molecule has 1 fully saturated rings. The molecule has 29 heavy (non-hydrogen) atoms. The number of amides is 2. The van der Waals surface area contributed by atoms with Gasteiger partial charge >= 0.3 is 0 Å². The first-order valence-electron chi connectivity index (χ1n) is 9.47. The third kappa shape index (κ3) is 3.63. The third-order valence-electron chi connectivity index (χ3n) is 5.42. The lowest BCUT2D eigenvalue weighted by molar-refractivity contribution is -0.123. The Bertz CT molecular complexity index is 1120. The molecule has 2 aromatic carbocycles. The first-order chi connectivity index (χ1) is 13.9. The van der Waals surface area contributed by atoms with E-state index in [0.29, 0.717) is 47.2 Å².